The highest BCUT2D eigenvalue weighted by atomic mass is 14.9. The standard InChI is InChI=1S/C55H46N2/c1-54(2)45-26-14-13-24-42(45)43-34-48-44(35-47(43)54)49-41(25-17-27-46(49)55(48)32-15-6-16-33-55)36-28-30-40(31-29-36)53-52(39-22-11-5-12-23-39)56-50(37-18-7-3-8-19-37)51(57-53)38-20-9-4-10-21-38/h3-5,7-14,17-31,34-35,43,47H,6,15-16,32-33H2,1-2H3. The van der Waals surface area contributed by atoms with E-state index < -0.39 is 0 Å². The second-order valence-electron chi connectivity index (χ2n) is 17.2. The van der Waals surface area contributed by atoms with Gasteiger partial charge in [0.2, 0.25) is 0 Å². The second-order valence-corrected chi connectivity index (χ2v) is 17.2. The van der Waals surface area contributed by atoms with Crippen LogP contribution in [0.3, 0.4) is 0 Å². The molecule has 0 aliphatic heterocycles. The summed E-state index contributed by atoms with van der Waals surface area (Å²) in [7, 11) is 0. The lowest BCUT2D eigenvalue weighted by Crippen LogP contribution is -2.31. The maximum atomic E-state index is 5.52. The van der Waals surface area contributed by atoms with Gasteiger partial charge < -0.3 is 0 Å². The molecule has 2 atom stereocenters. The third-order valence-electron chi connectivity index (χ3n) is 13.8. The van der Waals surface area contributed by atoms with Crippen LogP contribution in [0.2, 0.25) is 0 Å². The number of nitrogens with zero attached hydrogens (tertiary/aromatic N) is 2. The number of hydrogen-bond acceptors (Lipinski definition) is 2. The fourth-order valence-corrected chi connectivity index (χ4v) is 11.0. The van der Waals surface area contributed by atoms with Crippen LogP contribution >= 0.6 is 0 Å². The molecule has 11 rings (SSSR count). The molecule has 2 unspecified atom stereocenters. The van der Waals surface area contributed by atoms with Gasteiger partial charge in [0.15, 0.2) is 0 Å². The third-order valence-corrected chi connectivity index (χ3v) is 13.8. The average Bonchev–Trinajstić information content (AvgIpc) is 3.67. The lowest BCUT2D eigenvalue weighted by atomic mass is 9.64. The molecule has 1 heterocycles. The van der Waals surface area contributed by atoms with Gasteiger partial charge in [-0.2, -0.15) is 0 Å². The highest BCUT2D eigenvalue weighted by Gasteiger charge is 2.53. The van der Waals surface area contributed by atoms with Crippen molar-refractivity contribution in [2.75, 3.05) is 0 Å². The molecule has 2 heteroatoms. The van der Waals surface area contributed by atoms with Gasteiger partial charge in [0.25, 0.3) is 0 Å². The largest absolute Gasteiger partial charge is 0.243 e. The van der Waals surface area contributed by atoms with Crippen LogP contribution in [0.25, 0.3) is 61.7 Å². The Hall–Kier alpha value is -6.12. The minimum atomic E-state index is 0.0710. The average molecular weight is 735 g/mol. The Bertz CT molecular complexity index is 2710. The summed E-state index contributed by atoms with van der Waals surface area (Å²) in [6.07, 6.45) is 11.8. The van der Waals surface area contributed by atoms with Gasteiger partial charge in [-0.15, -0.1) is 0 Å². The van der Waals surface area contributed by atoms with Crippen LogP contribution in [0.5, 0.6) is 0 Å². The van der Waals surface area contributed by atoms with E-state index in [0.29, 0.717) is 11.8 Å². The molecule has 0 amide bonds. The van der Waals surface area contributed by atoms with Crippen LogP contribution in [0.4, 0.5) is 0 Å². The summed E-state index contributed by atoms with van der Waals surface area (Å²) in [5.74, 6) is 0.864. The Morgan fingerprint density at radius 3 is 1.53 bits per heavy atom. The second kappa shape index (κ2) is 13.2. The summed E-state index contributed by atoms with van der Waals surface area (Å²) >= 11 is 0. The van der Waals surface area contributed by atoms with Crippen molar-refractivity contribution in [2.45, 2.75) is 62.7 Å². The van der Waals surface area contributed by atoms with Gasteiger partial charge in [-0.3, -0.25) is 0 Å². The third kappa shape index (κ3) is 5.30. The Labute approximate surface area is 336 Å². The maximum Gasteiger partial charge on any atom is 0.0973 e. The molecule has 2 nitrogen and oxygen atoms in total. The molecular formula is C55H46N2. The topological polar surface area (TPSA) is 25.8 Å². The zero-order valence-corrected chi connectivity index (χ0v) is 32.8. The van der Waals surface area contributed by atoms with Crippen molar-refractivity contribution in [3.05, 3.63) is 198 Å². The van der Waals surface area contributed by atoms with Crippen molar-refractivity contribution < 1.29 is 0 Å². The van der Waals surface area contributed by atoms with Gasteiger partial charge in [0, 0.05) is 33.6 Å². The number of aromatic nitrogens is 2. The van der Waals surface area contributed by atoms with E-state index in [1.807, 2.05) is 0 Å². The quantitative estimate of drug-likeness (QED) is 0.176. The van der Waals surface area contributed by atoms with Crippen LogP contribution < -0.4 is 0 Å². The Morgan fingerprint density at radius 1 is 0.456 bits per heavy atom. The van der Waals surface area contributed by atoms with E-state index in [1.165, 1.54) is 65.5 Å². The van der Waals surface area contributed by atoms with E-state index in [4.69, 9.17) is 9.97 Å². The number of rotatable bonds is 5. The van der Waals surface area contributed by atoms with Gasteiger partial charge in [-0.25, -0.2) is 9.97 Å². The summed E-state index contributed by atoms with van der Waals surface area (Å²) < 4.78 is 0. The van der Waals surface area contributed by atoms with Gasteiger partial charge in [-0.1, -0.05) is 203 Å². The van der Waals surface area contributed by atoms with Gasteiger partial charge >= 0.3 is 0 Å². The van der Waals surface area contributed by atoms with E-state index >= 15 is 0 Å². The molecule has 0 N–H and O–H groups in total. The lowest BCUT2D eigenvalue weighted by Gasteiger charge is -2.39. The zero-order chi connectivity index (χ0) is 38.1. The van der Waals surface area contributed by atoms with E-state index in [9.17, 15) is 0 Å². The molecule has 6 aromatic carbocycles. The highest BCUT2D eigenvalue weighted by molar-refractivity contribution is 5.98. The van der Waals surface area contributed by atoms with Gasteiger partial charge in [-0.05, 0) is 68.7 Å². The molecule has 0 bridgehead atoms. The first-order valence-corrected chi connectivity index (χ1v) is 20.9. The molecule has 0 radical (unpaired) electrons. The van der Waals surface area contributed by atoms with E-state index in [-0.39, 0.29) is 10.8 Å². The van der Waals surface area contributed by atoms with Crippen LogP contribution in [-0.4, -0.2) is 9.97 Å². The minimum Gasteiger partial charge on any atom is -0.243 e. The normalized spacial score (nSPS) is 19.5. The van der Waals surface area contributed by atoms with Crippen molar-refractivity contribution in [3.8, 4) is 56.2 Å². The van der Waals surface area contributed by atoms with E-state index in [2.05, 4.69) is 184 Å². The first-order chi connectivity index (χ1) is 28.0. The van der Waals surface area contributed by atoms with Crippen molar-refractivity contribution in [3.63, 3.8) is 0 Å². The van der Waals surface area contributed by atoms with Crippen LogP contribution in [0, 0.1) is 5.92 Å². The smallest absolute Gasteiger partial charge is 0.0973 e. The highest BCUT2D eigenvalue weighted by Crippen LogP contribution is 2.64. The Kier molecular flexibility index (Phi) is 7.93. The molecule has 0 saturated heterocycles. The number of benzene rings is 6. The molecule has 1 fully saturated rings. The molecule has 1 saturated carbocycles. The van der Waals surface area contributed by atoms with Crippen molar-refractivity contribution >= 4 is 5.57 Å². The fourth-order valence-electron chi connectivity index (χ4n) is 11.0. The Balaban J connectivity index is 1.07. The molecule has 4 aliphatic carbocycles. The summed E-state index contributed by atoms with van der Waals surface area (Å²) in [6.45, 7) is 4.93. The number of hydrogen-bond donors (Lipinski definition) is 0. The van der Waals surface area contributed by atoms with E-state index in [0.717, 1.165) is 45.0 Å². The first-order valence-electron chi connectivity index (χ1n) is 20.9. The van der Waals surface area contributed by atoms with Crippen LogP contribution in [0.1, 0.15) is 74.1 Å². The number of allylic oxidation sites excluding steroid dienone is 4. The molecular weight excluding hydrogens is 689 g/mol. The predicted octanol–water partition coefficient (Wildman–Crippen LogP) is 14.0. The molecule has 1 aromatic heterocycles. The van der Waals surface area contributed by atoms with Crippen molar-refractivity contribution in [1.29, 1.82) is 0 Å². The number of fused-ring (bicyclic) bond motifs is 8. The van der Waals surface area contributed by atoms with Gasteiger partial charge in [0.1, 0.15) is 0 Å². The van der Waals surface area contributed by atoms with Crippen molar-refractivity contribution in [1.82, 2.24) is 9.97 Å². The fraction of sp³-hybridized carbons (Fsp3) is 0.200. The first kappa shape index (κ1) is 34.2. The van der Waals surface area contributed by atoms with Crippen LogP contribution in [-0.2, 0) is 10.8 Å². The molecule has 7 aromatic rings. The van der Waals surface area contributed by atoms with E-state index in [1.54, 1.807) is 11.1 Å². The summed E-state index contributed by atoms with van der Waals surface area (Å²) in [5, 5.41) is 0. The monoisotopic (exact) mass is 734 g/mol. The van der Waals surface area contributed by atoms with Crippen molar-refractivity contribution in [2.24, 2.45) is 5.92 Å². The zero-order valence-electron chi connectivity index (χ0n) is 32.8. The molecule has 276 valence electrons. The minimum absolute atomic E-state index is 0.0710. The SMILES string of the molecule is CC1(C)c2ccccc2C2C=C3C(=CC21)c1c(-c2ccc(-c4nc(-c5ccccc5)c(-c5ccccc5)nc4-c4ccccc4)cc2)cccc1C31CCCCC1. The summed E-state index contributed by atoms with van der Waals surface area (Å²) in [4.78, 5) is 11.0. The maximum absolute atomic E-state index is 5.52. The predicted molar refractivity (Wildman–Crippen MR) is 236 cm³/mol. The summed E-state index contributed by atoms with van der Waals surface area (Å²) in [5.41, 5.74) is 19.7. The van der Waals surface area contributed by atoms with Crippen LogP contribution in [0.15, 0.2) is 175 Å². The van der Waals surface area contributed by atoms with Gasteiger partial charge in [0.05, 0.1) is 22.8 Å². The molecule has 1 spiro atoms. The lowest BCUT2D eigenvalue weighted by molar-refractivity contribution is 0.345. The molecule has 4 aliphatic rings. The Morgan fingerprint density at radius 2 is 0.947 bits per heavy atom. The molecule has 57 heavy (non-hydrogen) atoms. The summed E-state index contributed by atoms with van der Waals surface area (Å²) in [6, 6.07) is 57.1.